The summed E-state index contributed by atoms with van der Waals surface area (Å²) in [4.78, 5) is 24.5. The number of sulfone groups is 1. The summed E-state index contributed by atoms with van der Waals surface area (Å²) in [7, 11) is -3.11. The second kappa shape index (κ2) is 8.42. The van der Waals surface area contributed by atoms with Gasteiger partial charge in [0, 0.05) is 15.7 Å². The summed E-state index contributed by atoms with van der Waals surface area (Å²) in [6.07, 6.45) is 0.541. The highest BCUT2D eigenvalue weighted by atomic mass is 35.5. The molecule has 9 heteroatoms. The molecule has 1 aliphatic rings. The van der Waals surface area contributed by atoms with Crippen LogP contribution in [0.3, 0.4) is 0 Å². The zero-order valence-corrected chi connectivity index (χ0v) is 16.2. The number of amides is 1. The lowest BCUT2D eigenvalue weighted by molar-refractivity contribution is -0.148. The molecule has 0 saturated carbocycles. The fourth-order valence-corrected chi connectivity index (χ4v) is 5.54. The molecule has 1 amide bonds. The summed E-state index contributed by atoms with van der Waals surface area (Å²) in [6.45, 7) is 1.28. The van der Waals surface area contributed by atoms with Crippen LogP contribution in [0.4, 0.5) is 0 Å². The number of carbonyl (C=O) groups excluding carboxylic acids is 2. The number of halogens is 1. The van der Waals surface area contributed by atoms with E-state index in [-0.39, 0.29) is 17.9 Å². The topological polar surface area (TPSA) is 89.5 Å². The first-order valence-corrected chi connectivity index (χ1v) is 10.9. The van der Waals surface area contributed by atoms with Crippen LogP contribution >= 0.6 is 23.4 Å². The summed E-state index contributed by atoms with van der Waals surface area (Å²) in [5.41, 5.74) is -0.785. The van der Waals surface area contributed by atoms with Gasteiger partial charge in [-0.3, -0.25) is 9.59 Å². The van der Waals surface area contributed by atoms with Gasteiger partial charge in [0.25, 0.3) is 5.91 Å². The molecule has 1 aromatic carbocycles. The molecule has 1 saturated heterocycles. The van der Waals surface area contributed by atoms with Crippen molar-refractivity contribution >= 4 is 45.1 Å². The van der Waals surface area contributed by atoms with Crippen LogP contribution in [-0.4, -0.2) is 49.7 Å². The predicted molar refractivity (Wildman–Crippen MR) is 97.6 cm³/mol. The Morgan fingerprint density at radius 2 is 2.00 bits per heavy atom. The van der Waals surface area contributed by atoms with Crippen LogP contribution in [0.15, 0.2) is 29.2 Å². The first-order chi connectivity index (χ1) is 11.7. The SMILES string of the molecule is C[C@@]1(NC(=O)COC(=O)CCSc2ccc(Cl)cc2)CCS(=O)(=O)C1. The zero-order valence-electron chi connectivity index (χ0n) is 13.8. The third-order valence-corrected chi connectivity index (χ3v) is 6.87. The second-order valence-electron chi connectivity index (χ2n) is 6.16. The molecule has 1 N–H and O–H groups in total. The fraction of sp³-hybridized carbons (Fsp3) is 0.500. The van der Waals surface area contributed by atoms with Crippen molar-refractivity contribution in [3.05, 3.63) is 29.3 Å². The molecule has 0 radical (unpaired) electrons. The lowest BCUT2D eigenvalue weighted by Crippen LogP contribution is -2.48. The number of esters is 1. The Hall–Kier alpha value is -1.25. The Morgan fingerprint density at radius 1 is 1.32 bits per heavy atom. The number of hydrogen-bond donors (Lipinski definition) is 1. The van der Waals surface area contributed by atoms with Crippen molar-refractivity contribution < 1.29 is 22.7 Å². The van der Waals surface area contributed by atoms with Crippen LogP contribution in [0.5, 0.6) is 0 Å². The molecule has 138 valence electrons. The van der Waals surface area contributed by atoms with Crippen LogP contribution in [0.25, 0.3) is 0 Å². The van der Waals surface area contributed by atoms with Crippen molar-refractivity contribution in [1.29, 1.82) is 0 Å². The van der Waals surface area contributed by atoms with Crippen LogP contribution in [-0.2, 0) is 24.2 Å². The minimum Gasteiger partial charge on any atom is -0.456 e. The summed E-state index contributed by atoms with van der Waals surface area (Å²) in [5.74, 6) is -0.458. The number of ether oxygens (including phenoxy) is 1. The van der Waals surface area contributed by atoms with E-state index in [1.807, 2.05) is 12.1 Å². The highest BCUT2D eigenvalue weighted by Crippen LogP contribution is 2.23. The monoisotopic (exact) mass is 405 g/mol. The van der Waals surface area contributed by atoms with Gasteiger partial charge in [-0.1, -0.05) is 11.6 Å². The van der Waals surface area contributed by atoms with E-state index >= 15 is 0 Å². The molecule has 6 nitrogen and oxygen atoms in total. The van der Waals surface area contributed by atoms with Gasteiger partial charge in [0.2, 0.25) is 0 Å². The average molecular weight is 406 g/mol. The number of carbonyl (C=O) groups is 2. The van der Waals surface area contributed by atoms with E-state index in [1.54, 1.807) is 19.1 Å². The van der Waals surface area contributed by atoms with Gasteiger partial charge >= 0.3 is 5.97 Å². The lowest BCUT2D eigenvalue weighted by atomic mass is 10.0. The summed E-state index contributed by atoms with van der Waals surface area (Å²) < 4.78 is 27.9. The Bertz CT molecular complexity index is 735. The zero-order chi connectivity index (χ0) is 18.5. The van der Waals surface area contributed by atoms with Crippen molar-refractivity contribution in [3.63, 3.8) is 0 Å². The largest absolute Gasteiger partial charge is 0.456 e. The van der Waals surface area contributed by atoms with Gasteiger partial charge < -0.3 is 10.1 Å². The molecule has 2 rings (SSSR count). The Kier molecular flexibility index (Phi) is 6.76. The maximum Gasteiger partial charge on any atom is 0.307 e. The fourth-order valence-electron chi connectivity index (χ4n) is 2.48. The minimum atomic E-state index is -3.11. The quantitative estimate of drug-likeness (QED) is 0.551. The number of nitrogens with one attached hydrogen (secondary N) is 1. The van der Waals surface area contributed by atoms with Crippen molar-refractivity contribution in [2.75, 3.05) is 23.9 Å². The molecule has 1 heterocycles. The van der Waals surface area contributed by atoms with Crippen LogP contribution in [0.1, 0.15) is 19.8 Å². The van der Waals surface area contributed by atoms with E-state index in [0.717, 1.165) is 4.90 Å². The molecule has 0 bridgehead atoms. The molecule has 1 aliphatic heterocycles. The van der Waals surface area contributed by atoms with E-state index in [2.05, 4.69) is 5.32 Å². The van der Waals surface area contributed by atoms with E-state index in [0.29, 0.717) is 17.2 Å². The third kappa shape index (κ3) is 6.87. The summed E-state index contributed by atoms with van der Waals surface area (Å²) in [5, 5.41) is 3.29. The molecule has 1 aromatic rings. The second-order valence-corrected chi connectivity index (χ2v) is 9.95. The first-order valence-electron chi connectivity index (χ1n) is 7.73. The molecular weight excluding hydrogens is 386 g/mol. The Morgan fingerprint density at radius 3 is 2.60 bits per heavy atom. The smallest absolute Gasteiger partial charge is 0.307 e. The van der Waals surface area contributed by atoms with Gasteiger partial charge in [0.15, 0.2) is 16.4 Å². The Balaban J connectivity index is 1.66. The number of hydrogen-bond acceptors (Lipinski definition) is 6. The Labute approximate surface area is 156 Å². The number of thioether (sulfide) groups is 1. The van der Waals surface area contributed by atoms with Crippen molar-refractivity contribution in [2.45, 2.75) is 30.2 Å². The molecule has 0 aliphatic carbocycles. The van der Waals surface area contributed by atoms with Gasteiger partial charge in [-0.25, -0.2) is 8.42 Å². The average Bonchev–Trinajstić information content (AvgIpc) is 2.80. The van der Waals surface area contributed by atoms with Crippen molar-refractivity contribution in [3.8, 4) is 0 Å². The van der Waals surface area contributed by atoms with Gasteiger partial charge in [0.05, 0.1) is 23.5 Å². The maximum atomic E-state index is 11.8. The van der Waals surface area contributed by atoms with E-state index in [9.17, 15) is 18.0 Å². The van der Waals surface area contributed by atoms with E-state index in [1.165, 1.54) is 11.8 Å². The lowest BCUT2D eigenvalue weighted by Gasteiger charge is -2.23. The molecule has 1 fully saturated rings. The molecular formula is C16H20ClNO5S2. The van der Waals surface area contributed by atoms with Crippen molar-refractivity contribution in [1.82, 2.24) is 5.32 Å². The maximum absolute atomic E-state index is 11.8. The van der Waals surface area contributed by atoms with Crippen LogP contribution < -0.4 is 5.32 Å². The van der Waals surface area contributed by atoms with Crippen LogP contribution in [0.2, 0.25) is 5.02 Å². The van der Waals surface area contributed by atoms with Crippen LogP contribution in [0, 0.1) is 0 Å². The van der Waals surface area contributed by atoms with E-state index in [4.69, 9.17) is 16.3 Å². The highest BCUT2D eigenvalue weighted by Gasteiger charge is 2.39. The molecule has 25 heavy (non-hydrogen) atoms. The predicted octanol–water partition coefficient (Wildman–Crippen LogP) is 2.06. The highest BCUT2D eigenvalue weighted by molar-refractivity contribution is 7.99. The normalized spacial score (nSPS) is 21.7. The summed E-state index contributed by atoms with van der Waals surface area (Å²) >= 11 is 7.29. The van der Waals surface area contributed by atoms with E-state index < -0.39 is 33.9 Å². The molecule has 0 aromatic heterocycles. The van der Waals surface area contributed by atoms with Gasteiger partial charge in [-0.2, -0.15) is 0 Å². The standard InChI is InChI=1S/C16H20ClNO5S2/c1-16(7-9-25(21,22)11-16)18-14(19)10-23-15(20)6-8-24-13-4-2-12(17)3-5-13/h2-5H,6-11H2,1H3,(H,18,19)/t16-/m1/s1. The molecule has 0 unspecified atom stereocenters. The minimum absolute atomic E-state index is 0.0610. The summed E-state index contributed by atoms with van der Waals surface area (Å²) in [6, 6.07) is 7.27. The first kappa shape index (κ1) is 20.1. The number of benzene rings is 1. The van der Waals surface area contributed by atoms with Gasteiger partial charge in [0.1, 0.15) is 0 Å². The third-order valence-electron chi connectivity index (χ3n) is 3.70. The van der Waals surface area contributed by atoms with Crippen molar-refractivity contribution in [2.24, 2.45) is 0 Å². The molecule has 0 spiro atoms. The van der Waals surface area contributed by atoms with Gasteiger partial charge in [-0.15, -0.1) is 11.8 Å². The van der Waals surface area contributed by atoms with Gasteiger partial charge in [-0.05, 0) is 37.6 Å². The number of rotatable bonds is 7. The molecule has 1 atom stereocenters.